The maximum absolute atomic E-state index is 11.1. The maximum Gasteiger partial charge on any atom is 0.408 e. The van der Waals surface area contributed by atoms with Gasteiger partial charge in [0.1, 0.15) is 5.54 Å². The Hall–Kier alpha value is -1.26. The Balaban J connectivity index is 4.54. The second-order valence-corrected chi connectivity index (χ2v) is 3.51. The van der Waals surface area contributed by atoms with E-state index in [1.807, 2.05) is 0 Å². The summed E-state index contributed by atoms with van der Waals surface area (Å²) in [7, 11) is 0. The van der Waals surface area contributed by atoms with Crippen molar-refractivity contribution in [2.75, 3.05) is 6.61 Å². The van der Waals surface area contributed by atoms with Gasteiger partial charge >= 0.3 is 12.1 Å². The molecule has 0 saturated carbocycles. The second kappa shape index (κ2) is 4.83. The van der Waals surface area contributed by atoms with Gasteiger partial charge in [-0.3, -0.25) is 0 Å². The van der Waals surface area contributed by atoms with Crippen LogP contribution in [0.25, 0.3) is 0 Å². The van der Waals surface area contributed by atoms with E-state index in [4.69, 9.17) is 5.11 Å². The number of carboxylic acid groups (broad SMARTS) is 1. The minimum Gasteiger partial charge on any atom is -0.480 e. The van der Waals surface area contributed by atoms with E-state index in [2.05, 4.69) is 10.1 Å². The Morgan fingerprint density at radius 2 is 2.00 bits per heavy atom. The molecule has 0 bridgehead atoms. The van der Waals surface area contributed by atoms with Crippen LogP contribution in [0.3, 0.4) is 0 Å². The zero-order valence-electron chi connectivity index (χ0n) is 8.96. The van der Waals surface area contributed by atoms with Crippen molar-refractivity contribution in [2.45, 2.75) is 33.2 Å². The zero-order valence-corrected chi connectivity index (χ0v) is 8.96. The van der Waals surface area contributed by atoms with Gasteiger partial charge in [0.05, 0.1) is 6.61 Å². The first-order valence-corrected chi connectivity index (χ1v) is 4.53. The summed E-state index contributed by atoms with van der Waals surface area (Å²) in [4.78, 5) is 22.0. The Kier molecular flexibility index (Phi) is 4.40. The Morgan fingerprint density at radius 1 is 1.50 bits per heavy atom. The predicted molar refractivity (Wildman–Crippen MR) is 51.0 cm³/mol. The number of amides is 1. The van der Waals surface area contributed by atoms with E-state index in [0.717, 1.165) is 0 Å². The first-order chi connectivity index (χ1) is 6.34. The average molecular weight is 203 g/mol. The topological polar surface area (TPSA) is 75.6 Å². The predicted octanol–water partition coefficient (Wildman–Crippen LogP) is 1.23. The molecule has 5 heteroatoms. The molecule has 0 radical (unpaired) electrons. The van der Waals surface area contributed by atoms with Crippen LogP contribution in [0.1, 0.15) is 27.7 Å². The number of rotatable bonds is 4. The molecule has 14 heavy (non-hydrogen) atoms. The van der Waals surface area contributed by atoms with E-state index in [9.17, 15) is 9.59 Å². The third-order valence-corrected chi connectivity index (χ3v) is 2.24. The van der Waals surface area contributed by atoms with E-state index < -0.39 is 17.6 Å². The highest BCUT2D eigenvalue weighted by Crippen LogP contribution is 2.16. The summed E-state index contributed by atoms with van der Waals surface area (Å²) < 4.78 is 4.62. The Bertz CT molecular complexity index is 227. The van der Waals surface area contributed by atoms with Gasteiger partial charge in [0.2, 0.25) is 0 Å². The van der Waals surface area contributed by atoms with Gasteiger partial charge in [0, 0.05) is 0 Å². The molecule has 82 valence electrons. The number of aliphatic carboxylic acids is 1. The summed E-state index contributed by atoms with van der Waals surface area (Å²) in [6.07, 6.45) is -0.703. The third-order valence-electron chi connectivity index (χ3n) is 2.24. The number of nitrogens with one attached hydrogen (secondary N) is 1. The molecular formula is C9H17NO4. The molecule has 0 aliphatic heterocycles. The molecule has 0 aromatic rings. The number of carboxylic acids is 1. The van der Waals surface area contributed by atoms with Crippen LogP contribution in [0, 0.1) is 5.92 Å². The Morgan fingerprint density at radius 3 is 2.29 bits per heavy atom. The molecule has 0 saturated heterocycles. The number of hydrogen-bond acceptors (Lipinski definition) is 3. The molecule has 0 fully saturated rings. The molecule has 0 aliphatic carbocycles. The molecule has 0 aromatic heterocycles. The van der Waals surface area contributed by atoms with Crippen LogP contribution in [0.5, 0.6) is 0 Å². The fraction of sp³-hybridized carbons (Fsp3) is 0.778. The summed E-state index contributed by atoms with van der Waals surface area (Å²) in [5.74, 6) is -1.29. The monoisotopic (exact) mass is 203 g/mol. The van der Waals surface area contributed by atoms with E-state index in [1.165, 1.54) is 6.92 Å². The van der Waals surface area contributed by atoms with E-state index in [-0.39, 0.29) is 12.5 Å². The molecule has 0 spiro atoms. The number of hydrogen-bond donors (Lipinski definition) is 2. The van der Waals surface area contributed by atoms with Crippen LogP contribution in [-0.2, 0) is 9.53 Å². The van der Waals surface area contributed by atoms with Gasteiger partial charge in [0.25, 0.3) is 0 Å². The van der Waals surface area contributed by atoms with Crippen LogP contribution in [0.4, 0.5) is 4.79 Å². The summed E-state index contributed by atoms with van der Waals surface area (Å²) in [6.45, 7) is 6.78. The van der Waals surface area contributed by atoms with Crippen molar-refractivity contribution in [2.24, 2.45) is 5.92 Å². The minimum atomic E-state index is -1.29. The number of carbonyl (C=O) groups is 2. The number of alkyl carbamates (subject to hydrolysis) is 1. The molecule has 2 N–H and O–H groups in total. The highest BCUT2D eigenvalue weighted by molar-refractivity contribution is 5.84. The summed E-state index contributed by atoms with van der Waals surface area (Å²) >= 11 is 0. The first-order valence-electron chi connectivity index (χ1n) is 4.53. The number of carbonyl (C=O) groups excluding carboxylic acids is 1. The summed E-state index contributed by atoms with van der Waals surface area (Å²) in [5.41, 5.74) is -1.29. The van der Waals surface area contributed by atoms with Crippen molar-refractivity contribution in [3.63, 3.8) is 0 Å². The molecule has 0 unspecified atom stereocenters. The van der Waals surface area contributed by atoms with Crippen molar-refractivity contribution in [1.82, 2.24) is 5.32 Å². The summed E-state index contributed by atoms with van der Waals surface area (Å²) in [5, 5.41) is 11.3. The second-order valence-electron chi connectivity index (χ2n) is 3.51. The van der Waals surface area contributed by atoms with Crippen LogP contribution in [0.2, 0.25) is 0 Å². The van der Waals surface area contributed by atoms with E-state index in [0.29, 0.717) is 0 Å². The smallest absolute Gasteiger partial charge is 0.408 e. The van der Waals surface area contributed by atoms with Crippen LogP contribution in [-0.4, -0.2) is 29.3 Å². The fourth-order valence-electron chi connectivity index (χ4n) is 0.824. The molecule has 0 heterocycles. The van der Waals surface area contributed by atoms with Crippen LogP contribution in [0.15, 0.2) is 0 Å². The minimum absolute atomic E-state index is 0.218. The van der Waals surface area contributed by atoms with Gasteiger partial charge in [-0.1, -0.05) is 13.8 Å². The lowest BCUT2D eigenvalue weighted by Gasteiger charge is -2.29. The quantitative estimate of drug-likeness (QED) is 0.720. The normalized spacial score (nSPS) is 14.6. The van der Waals surface area contributed by atoms with Crippen molar-refractivity contribution >= 4 is 12.1 Å². The SMILES string of the molecule is CCOC(=O)N[C@@](C)(C(=O)O)C(C)C. The first kappa shape index (κ1) is 12.7. The lowest BCUT2D eigenvalue weighted by atomic mass is 9.89. The van der Waals surface area contributed by atoms with Crippen LogP contribution < -0.4 is 5.32 Å². The Labute approximate surface area is 83.4 Å². The van der Waals surface area contributed by atoms with Gasteiger partial charge in [-0.15, -0.1) is 0 Å². The molecule has 0 aromatic carbocycles. The lowest BCUT2D eigenvalue weighted by Crippen LogP contribution is -2.55. The van der Waals surface area contributed by atoms with Crippen LogP contribution >= 0.6 is 0 Å². The number of ether oxygens (including phenoxy) is 1. The average Bonchev–Trinajstić information content (AvgIpc) is 2.03. The molecule has 5 nitrogen and oxygen atoms in total. The lowest BCUT2D eigenvalue weighted by molar-refractivity contribution is -0.145. The van der Waals surface area contributed by atoms with E-state index in [1.54, 1.807) is 20.8 Å². The van der Waals surface area contributed by atoms with Crippen molar-refractivity contribution < 1.29 is 19.4 Å². The molecule has 1 atom stereocenters. The zero-order chi connectivity index (χ0) is 11.4. The van der Waals surface area contributed by atoms with Crippen molar-refractivity contribution in [1.29, 1.82) is 0 Å². The maximum atomic E-state index is 11.1. The highest BCUT2D eigenvalue weighted by Gasteiger charge is 2.38. The van der Waals surface area contributed by atoms with Gasteiger partial charge in [-0.05, 0) is 19.8 Å². The molecule has 0 rings (SSSR count). The fourth-order valence-corrected chi connectivity index (χ4v) is 0.824. The summed E-state index contributed by atoms with van der Waals surface area (Å²) in [6, 6.07) is 0. The van der Waals surface area contributed by atoms with Crippen molar-refractivity contribution in [3.8, 4) is 0 Å². The van der Waals surface area contributed by atoms with Gasteiger partial charge < -0.3 is 15.2 Å². The highest BCUT2D eigenvalue weighted by atomic mass is 16.5. The van der Waals surface area contributed by atoms with Gasteiger partial charge in [-0.2, -0.15) is 0 Å². The standard InChI is InChI=1S/C9H17NO4/c1-5-14-8(13)10-9(4,6(2)3)7(11)12/h6H,5H2,1-4H3,(H,10,13)(H,11,12)/t9-/m1/s1. The van der Waals surface area contributed by atoms with E-state index >= 15 is 0 Å². The molecule has 0 aliphatic rings. The third kappa shape index (κ3) is 2.90. The van der Waals surface area contributed by atoms with Gasteiger partial charge in [-0.25, -0.2) is 9.59 Å². The largest absolute Gasteiger partial charge is 0.480 e. The van der Waals surface area contributed by atoms with Crippen molar-refractivity contribution in [3.05, 3.63) is 0 Å². The molecule has 1 amide bonds. The molecular weight excluding hydrogens is 186 g/mol. The van der Waals surface area contributed by atoms with Gasteiger partial charge in [0.15, 0.2) is 0 Å².